The lowest BCUT2D eigenvalue weighted by Crippen LogP contribution is -2.33. The minimum Gasteiger partial charge on any atom is -0.466 e. The monoisotopic (exact) mass is 264 g/mol. The third-order valence-electron chi connectivity index (χ3n) is 2.96. The van der Waals surface area contributed by atoms with Crippen molar-refractivity contribution in [1.29, 1.82) is 0 Å². The van der Waals surface area contributed by atoms with Crippen molar-refractivity contribution in [2.75, 3.05) is 38.2 Å². The third kappa shape index (κ3) is 5.75. The van der Waals surface area contributed by atoms with Crippen LogP contribution in [0.4, 0.5) is 5.69 Å². The Morgan fingerprint density at radius 2 is 2.05 bits per heavy atom. The number of hydrogen-bond donors (Lipinski definition) is 1. The van der Waals surface area contributed by atoms with Gasteiger partial charge in [-0.3, -0.25) is 4.79 Å². The summed E-state index contributed by atoms with van der Waals surface area (Å²) in [7, 11) is 2.06. The molecule has 0 aromatic heterocycles. The molecule has 4 heteroatoms. The van der Waals surface area contributed by atoms with E-state index in [0.717, 1.165) is 13.1 Å². The molecule has 0 bridgehead atoms. The first-order valence-electron chi connectivity index (χ1n) is 6.78. The van der Waals surface area contributed by atoms with E-state index >= 15 is 0 Å². The number of hydrogen-bond acceptors (Lipinski definition) is 4. The fourth-order valence-electron chi connectivity index (χ4n) is 1.74. The zero-order valence-corrected chi connectivity index (χ0v) is 12.1. The van der Waals surface area contributed by atoms with E-state index in [1.54, 1.807) is 0 Å². The van der Waals surface area contributed by atoms with Gasteiger partial charge in [-0.15, -0.1) is 0 Å². The van der Waals surface area contributed by atoms with Crippen LogP contribution in [0.2, 0.25) is 0 Å². The zero-order valence-electron chi connectivity index (χ0n) is 12.1. The van der Waals surface area contributed by atoms with Crippen molar-refractivity contribution in [3.05, 3.63) is 30.3 Å². The van der Waals surface area contributed by atoms with Gasteiger partial charge >= 0.3 is 5.97 Å². The zero-order chi connectivity index (χ0) is 14.1. The van der Waals surface area contributed by atoms with E-state index in [0.29, 0.717) is 13.2 Å². The van der Waals surface area contributed by atoms with Crippen molar-refractivity contribution in [2.45, 2.75) is 13.8 Å². The van der Waals surface area contributed by atoms with Crippen LogP contribution in [0.3, 0.4) is 0 Å². The molecule has 1 atom stereocenters. The van der Waals surface area contributed by atoms with Gasteiger partial charge in [0.15, 0.2) is 0 Å². The molecule has 1 aromatic rings. The van der Waals surface area contributed by atoms with E-state index in [-0.39, 0.29) is 11.9 Å². The first kappa shape index (κ1) is 15.5. The molecule has 1 N–H and O–H groups in total. The van der Waals surface area contributed by atoms with Crippen LogP contribution in [-0.4, -0.2) is 39.3 Å². The van der Waals surface area contributed by atoms with Crippen LogP contribution in [-0.2, 0) is 9.53 Å². The number of anilines is 1. The van der Waals surface area contributed by atoms with E-state index in [2.05, 4.69) is 29.4 Å². The Morgan fingerprint density at radius 3 is 2.68 bits per heavy atom. The molecule has 0 heterocycles. The summed E-state index contributed by atoms with van der Waals surface area (Å²) in [5.74, 6) is -0.228. The highest BCUT2D eigenvalue weighted by Gasteiger charge is 2.12. The van der Waals surface area contributed by atoms with Gasteiger partial charge in [-0.05, 0) is 19.1 Å². The van der Waals surface area contributed by atoms with Gasteiger partial charge in [0.2, 0.25) is 0 Å². The fraction of sp³-hybridized carbons (Fsp3) is 0.533. The molecule has 0 spiro atoms. The maximum Gasteiger partial charge on any atom is 0.309 e. The van der Waals surface area contributed by atoms with Crippen molar-refractivity contribution in [1.82, 2.24) is 5.32 Å². The molecule has 1 unspecified atom stereocenters. The number of carbonyl (C=O) groups excluding carboxylic acids is 1. The number of ether oxygens (including phenoxy) is 1. The van der Waals surface area contributed by atoms with Crippen molar-refractivity contribution < 1.29 is 9.53 Å². The van der Waals surface area contributed by atoms with Crippen LogP contribution in [0.25, 0.3) is 0 Å². The summed E-state index contributed by atoms with van der Waals surface area (Å²) in [6.45, 7) is 6.55. The van der Waals surface area contributed by atoms with Crippen LogP contribution in [0, 0.1) is 5.92 Å². The molecule has 0 aliphatic rings. The van der Waals surface area contributed by atoms with Gasteiger partial charge in [-0.25, -0.2) is 0 Å². The van der Waals surface area contributed by atoms with Gasteiger partial charge < -0.3 is 15.0 Å². The van der Waals surface area contributed by atoms with E-state index in [1.165, 1.54) is 5.69 Å². The molecule has 4 nitrogen and oxygen atoms in total. The molecule has 1 rings (SSSR count). The number of rotatable bonds is 8. The average Bonchev–Trinajstić information content (AvgIpc) is 2.44. The average molecular weight is 264 g/mol. The minimum absolute atomic E-state index is 0.0954. The van der Waals surface area contributed by atoms with Gasteiger partial charge in [-0.1, -0.05) is 25.1 Å². The van der Waals surface area contributed by atoms with E-state index in [1.807, 2.05) is 32.0 Å². The third-order valence-corrected chi connectivity index (χ3v) is 2.96. The summed E-state index contributed by atoms with van der Waals surface area (Å²) in [6.07, 6.45) is 0. The highest BCUT2D eigenvalue weighted by molar-refractivity contribution is 5.72. The molecule has 106 valence electrons. The predicted molar refractivity (Wildman–Crippen MR) is 78.4 cm³/mol. The van der Waals surface area contributed by atoms with Crippen LogP contribution in [0.1, 0.15) is 13.8 Å². The second-order valence-corrected chi connectivity index (χ2v) is 4.61. The summed E-state index contributed by atoms with van der Waals surface area (Å²) >= 11 is 0. The summed E-state index contributed by atoms with van der Waals surface area (Å²) < 4.78 is 4.96. The van der Waals surface area contributed by atoms with Crippen molar-refractivity contribution in [2.24, 2.45) is 5.92 Å². The summed E-state index contributed by atoms with van der Waals surface area (Å²) in [4.78, 5) is 13.6. The van der Waals surface area contributed by atoms with Crippen LogP contribution < -0.4 is 10.2 Å². The van der Waals surface area contributed by atoms with E-state index in [4.69, 9.17) is 4.74 Å². The van der Waals surface area contributed by atoms with Crippen LogP contribution in [0.15, 0.2) is 30.3 Å². The normalized spacial score (nSPS) is 11.9. The maximum atomic E-state index is 11.4. The van der Waals surface area contributed by atoms with Crippen molar-refractivity contribution in [3.63, 3.8) is 0 Å². The Hall–Kier alpha value is -1.55. The van der Waals surface area contributed by atoms with Crippen molar-refractivity contribution in [3.8, 4) is 0 Å². The first-order valence-corrected chi connectivity index (χ1v) is 6.78. The van der Waals surface area contributed by atoms with Gasteiger partial charge in [0.1, 0.15) is 0 Å². The number of esters is 1. The summed E-state index contributed by atoms with van der Waals surface area (Å²) in [6, 6.07) is 10.2. The number of likely N-dealkylation sites (N-methyl/N-ethyl adjacent to an activating group) is 1. The molecule has 0 saturated carbocycles. The molecule has 0 fully saturated rings. The predicted octanol–water partition coefficient (Wildman–Crippen LogP) is 1.91. The van der Waals surface area contributed by atoms with Crippen LogP contribution in [0.5, 0.6) is 0 Å². The van der Waals surface area contributed by atoms with E-state index < -0.39 is 0 Å². The summed E-state index contributed by atoms with van der Waals surface area (Å²) in [5, 5.41) is 3.28. The minimum atomic E-state index is -0.133. The quantitative estimate of drug-likeness (QED) is 0.575. The van der Waals surface area contributed by atoms with Crippen LogP contribution >= 0.6 is 0 Å². The van der Waals surface area contributed by atoms with E-state index in [9.17, 15) is 4.79 Å². The Bertz CT molecular complexity index is 368. The lowest BCUT2D eigenvalue weighted by atomic mass is 10.2. The second-order valence-electron chi connectivity index (χ2n) is 4.61. The number of benzene rings is 1. The molecule has 19 heavy (non-hydrogen) atoms. The molecular formula is C15H24N2O2. The Labute approximate surface area is 115 Å². The SMILES string of the molecule is CCOC(=O)C(C)CNCCN(C)c1ccccc1. The second kappa shape index (κ2) is 8.53. The van der Waals surface area contributed by atoms with Gasteiger partial charge in [0, 0.05) is 32.4 Å². The molecule has 0 aliphatic heterocycles. The number of nitrogens with zero attached hydrogens (tertiary/aromatic N) is 1. The van der Waals surface area contributed by atoms with Gasteiger partial charge in [-0.2, -0.15) is 0 Å². The molecule has 0 saturated heterocycles. The standard InChI is InChI=1S/C15H24N2O2/c1-4-19-15(18)13(2)12-16-10-11-17(3)14-8-6-5-7-9-14/h5-9,13,16H,4,10-12H2,1-3H3. The lowest BCUT2D eigenvalue weighted by molar-refractivity contribution is -0.147. The molecule has 1 aromatic carbocycles. The molecular weight excluding hydrogens is 240 g/mol. The topological polar surface area (TPSA) is 41.6 Å². The Morgan fingerprint density at radius 1 is 1.37 bits per heavy atom. The number of nitrogens with one attached hydrogen (secondary N) is 1. The first-order chi connectivity index (χ1) is 9.15. The smallest absolute Gasteiger partial charge is 0.309 e. The van der Waals surface area contributed by atoms with Gasteiger partial charge in [0.25, 0.3) is 0 Å². The maximum absolute atomic E-state index is 11.4. The highest BCUT2D eigenvalue weighted by atomic mass is 16.5. The van der Waals surface area contributed by atoms with Gasteiger partial charge in [0.05, 0.1) is 12.5 Å². The highest BCUT2D eigenvalue weighted by Crippen LogP contribution is 2.09. The summed E-state index contributed by atoms with van der Waals surface area (Å²) in [5.41, 5.74) is 1.20. The fourth-order valence-corrected chi connectivity index (χ4v) is 1.74. The largest absolute Gasteiger partial charge is 0.466 e. The lowest BCUT2D eigenvalue weighted by Gasteiger charge is -2.20. The Balaban J connectivity index is 2.19. The number of para-hydroxylation sites is 1. The Kier molecular flexibility index (Phi) is 6.97. The molecule has 0 amide bonds. The molecule has 0 aliphatic carbocycles. The van der Waals surface area contributed by atoms with Crippen molar-refractivity contribution >= 4 is 11.7 Å². The number of carbonyl (C=O) groups is 1. The molecule has 0 radical (unpaired) electrons.